The Morgan fingerprint density at radius 2 is 1.96 bits per heavy atom. The van der Waals surface area contributed by atoms with E-state index in [-0.39, 0.29) is 16.4 Å². The first kappa shape index (κ1) is 18.1. The minimum atomic E-state index is -3.84. The number of primary amides is 1. The molecule has 0 bridgehead atoms. The number of H-pyrrole nitrogens is 1. The van der Waals surface area contributed by atoms with Crippen LogP contribution in [0.3, 0.4) is 0 Å². The molecule has 0 unspecified atom stereocenters. The van der Waals surface area contributed by atoms with Gasteiger partial charge in [-0.1, -0.05) is 5.16 Å². The number of nitrogens with one attached hydrogen (secondary N) is 2. The Bertz CT molecular complexity index is 1160. The molecule has 3 aromatic rings. The number of aromatic nitrogens is 3. The van der Waals surface area contributed by atoms with Gasteiger partial charge in [0.25, 0.3) is 10.0 Å². The molecule has 0 saturated carbocycles. The molecule has 1 amide bonds. The Balaban J connectivity index is 1.81. The van der Waals surface area contributed by atoms with Gasteiger partial charge in [-0.05, 0) is 31.2 Å². The number of rotatable bonds is 5. The summed E-state index contributed by atoms with van der Waals surface area (Å²) in [4.78, 5) is 23.1. The molecule has 4 N–H and O–H groups in total. The third-order valence-electron chi connectivity index (χ3n) is 3.35. The smallest absolute Gasteiger partial charge is 0.341 e. The number of hydrogen-bond donors (Lipinski definition) is 3. The maximum absolute atomic E-state index is 12.2. The second-order valence-electron chi connectivity index (χ2n) is 5.25. The molecule has 0 aliphatic rings. The highest BCUT2D eigenvalue weighted by Gasteiger charge is 2.16. The van der Waals surface area contributed by atoms with E-state index in [0.717, 1.165) is 0 Å². The first-order chi connectivity index (χ1) is 12.8. The summed E-state index contributed by atoms with van der Waals surface area (Å²) in [6.07, 6.45) is 1.23. The molecule has 1 aromatic carbocycles. The fourth-order valence-electron chi connectivity index (χ4n) is 2.07. The van der Waals surface area contributed by atoms with Crippen LogP contribution in [0.2, 0.25) is 0 Å². The molecule has 0 aliphatic heterocycles. The Kier molecular flexibility index (Phi) is 4.60. The number of nitrogens with zero attached hydrogens (tertiary/aromatic N) is 4. The normalized spacial score (nSPS) is 11.7. The number of benzene rings is 1. The van der Waals surface area contributed by atoms with E-state index in [1.54, 1.807) is 0 Å². The highest BCUT2D eigenvalue weighted by atomic mass is 32.2. The fourth-order valence-corrected chi connectivity index (χ4v) is 3.07. The zero-order valence-electron chi connectivity index (χ0n) is 13.8. The number of carbonyl (C=O) groups is 1. The van der Waals surface area contributed by atoms with Gasteiger partial charge in [0, 0.05) is 6.07 Å². The first-order valence-corrected chi connectivity index (χ1v) is 8.82. The van der Waals surface area contributed by atoms with Crippen molar-refractivity contribution in [3.8, 4) is 0 Å². The Labute approximate surface area is 151 Å². The molecule has 0 spiro atoms. The van der Waals surface area contributed by atoms with Crippen molar-refractivity contribution >= 4 is 33.2 Å². The SMILES string of the molecule is Cc1[nH]n(C(N)=O)c(=O)c1N=Nc1ccc(S(=O)(=O)Nc2ccon2)cc1. The molecule has 0 saturated heterocycles. The molecule has 3 rings (SSSR count). The van der Waals surface area contributed by atoms with Crippen LogP contribution < -0.4 is 16.0 Å². The van der Waals surface area contributed by atoms with Gasteiger partial charge in [-0.15, -0.1) is 5.11 Å². The monoisotopic (exact) mass is 391 g/mol. The lowest BCUT2D eigenvalue weighted by Crippen LogP contribution is -2.29. The van der Waals surface area contributed by atoms with E-state index in [2.05, 4.69) is 29.7 Å². The quantitative estimate of drug-likeness (QED) is 0.556. The van der Waals surface area contributed by atoms with E-state index in [1.807, 2.05) is 0 Å². The van der Waals surface area contributed by atoms with Gasteiger partial charge in [0.15, 0.2) is 11.5 Å². The zero-order valence-corrected chi connectivity index (χ0v) is 14.6. The van der Waals surface area contributed by atoms with Crippen LogP contribution in [-0.4, -0.2) is 29.4 Å². The summed E-state index contributed by atoms with van der Waals surface area (Å²) in [6, 6.07) is 5.80. The summed E-state index contributed by atoms with van der Waals surface area (Å²) >= 11 is 0. The van der Waals surface area contributed by atoms with Gasteiger partial charge in [-0.3, -0.25) is 14.6 Å². The summed E-state index contributed by atoms with van der Waals surface area (Å²) in [5.41, 5.74) is 4.83. The maximum atomic E-state index is 12.2. The number of anilines is 1. The molecule has 13 heteroatoms. The average molecular weight is 391 g/mol. The molecule has 0 radical (unpaired) electrons. The number of hydrogen-bond acceptors (Lipinski definition) is 8. The van der Waals surface area contributed by atoms with Crippen LogP contribution in [0.1, 0.15) is 5.69 Å². The van der Waals surface area contributed by atoms with Gasteiger partial charge in [0.05, 0.1) is 16.3 Å². The second kappa shape index (κ2) is 6.87. The van der Waals surface area contributed by atoms with Crippen molar-refractivity contribution in [3.63, 3.8) is 0 Å². The predicted molar refractivity (Wildman–Crippen MR) is 92.7 cm³/mol. The lowest BCUT2D eigenvalue weighted by molar-refractivity contribution is 0.247. The van der Waals surface area contributed by atoms with Gasteiger partial charge in [-0.2, -0.15) is 9.80 Å². The lowest BCUT2D eigenvalue weighted by Gasteiger charge is -2.04. The Morgan fingerprint density at radius 3 is 2.52 bits per heavy atom. The van der Waals surface area contributed by atoms with Crippen molar-refractivity contribution in [2.45, 2.75) is 11.8 Å². The van der Waals surface area contributed by atoms with Crippen LogP contribution in [0.4, 0.5) is 22.0 Å². The van der Waals surface area contributed by atoms with Gasteiger partial charge in [0.1, 0.15) is 6.26 Å². The van der Waals surface area contributed by atoms with Crippen LogP contribution in [-0.2, 0) is 10.0 Å². The Hall–Kier alpha value is -3.74. The van der Waals surface area contributed by atoms with Crippen LogP contribution in [0, 0.1) is 6.92 Å². The number of aryl methyl sites for hydroxylation is 1. The number of nitrogens with two attached hydrogens (primary N) is 1. The molecule has 140 valence electrons. The third kappa shape index (κ3) is 3.77. The first-order valence-electron chi connectivity index (χ1n) is 7.34. The van der Waals surface area contributed by atoms with E-state index in [0.29, 0.717) is 16.1 Å². The summed E-state index contributed by atoms with van der Waals surface area (Å²) in [5, 5.41) is 13.6. The molecule has 12 nitrogen and oxygen atoms in total. The van der Waals surface area contributed by atoms with Crippen molar-refractivity contribution in [2.24, 2.45) is 16.0 Å². The standard InChI is InChI=1S/C14H13N7O5S/c1-8-12(13(22)21(18-8)14(15)23)17-16-9-2-4-10(5-3-9)27(24,25)20-11-6-7-26-19-11/h2-7,18H,1H3,(H2,15,23)(H,19,20). The number of sulfonamides is 1. The average Bonchev–Trinajstić information content (AvgIpc) is 3.21. The molecular weight excluding hydrogens is 378 g/mol. The van der Waals surface area contributed by atoms with Gasteiger partial charge < -0.3 is 10.3 Å². The van der Waals surface area contributed by atoms with Crippen LogP contribution in [0.25, 0.3) is 0 Å². The van der Waals surface area contributed by atoms with Crippen LogP contribution in [0.5, 0.6) is 0 Å². The maximum Gasteiger partial charge on any atom is 0.341 e. The summed E-state index contributed by atoms with van der Waals surface area (Å²) < 4.78 is 31.8. The van der Waals surface area contributed by atoms with E-state index >= 15 is 0 Å². The Morgan fingerprint density at radius 1 is 1.26 bits per heavy atom. The number of aromatic amines is 1. The van der Waals surface area contributed by atoms with E-state index < -0.39 is 21.6 Å². The highest BCUT2D eigenvalue weighted by molar-refractivity contribution is 7.92. The fraction of sp³-hybridized carbons (Fsp3) is 0.0714. The molecule has 0 fully saturated rings. The molecule has 0 aliphatic carbocycles. The summed E-state index contributed by atoms with van der Waals surface area (Å²) in [5.74, 6) is 0.0485. The van der Waals surface area contributed by atoms with Crippen LogP contribution >= 0.6 is 0 Å². The molecule has 2 heterocycles. The van der Waals surface area contributed by atoms with Gasteiger partial charge >= 0.3 is 11.6 Å². The van der Waals surface area contributed by atoms with Gasteiger partial charge in [0.2, 0.25) is 0 Å². The topological polar surface area (TPSA) is 178 Å². The minimum absolute atomic E-state index is 0.0293. The zero-order chi connectivity index (χ0) is 19.6. The van der Waals surface area contributed by atoms with E-state index in [4.69, 9.17) is 5.73 Å². The summed E-state index contributed by atoms with van der Waals surface area (Å²) in [7, 11) is -3.84. The van der Waals surface area contributed by atoms with Crippen molar-refractivity contribution < 1.29 is 17.7 Å². The van der Waals surface area contributed by atoms with Crippen LogP contribution in [0.15, 0.2) is 61.0 Å². The molecular formula is C14H13N7O5S. The largest absolute Gasteiger partial charge is 0.363 e. The molecule has 27 heavy (non-hydrogen) atoms. The third-order valence-corrected chi connectivity index (χ3v) is 4.72. The minimum Gasteiger partial charge on any atom is -0.363 e. The molecule has 0 atom stereocenters. The van der Waals surface area contributed by atoms with E-state index in [9.17, 15) is 18.0 Å². The van der Waals surface area contributed by atoms with Crippen molar-refractivity contribution in [1.29, 1.82) is 0 Å². The number of carbonyl (C=O) groups excluding carboxylic acids is 1. The van der Waals surface area contributed by atoms with Crippen molar-refractivity contribution in [3.05, 3.63) is 52.6 Å². The number of amides is 1. The summed E-state index contributed by atoms with van der Waals surface area (Å²) in [6.45, 7) is 1.53. The lowest BCUT2D eigenvalue weighted by atomic mass is 10.3. The number of azo groups is 1. The molecule has 2 aromatic heterocycles. The predicted octanol–water partition coefficient (Wildman–Crippen LogP) is 1.62. The second-order valence-corrected chi connectivity index (χ2v) is 6.93. The highest BCUT2D eigenvalue weighted by Crippen LogP contribution is 2.21. The van der Waals surface area contributed by atoms with Crippen molar-refractivity contribution in [2.75, 3.05) is 4.72 Å². The van der Waals surface area contributed by atoms with Crippen molar-refractivity contribution in [1.82, 2.24) is 14.9 Å². The van der Waals surface area contributed by atoms with Gasteiger partial charge in [-0.25, -0.2) is 13.2 Å². The van der Waals surface area contributed by atoms with E-state index in [1.165, 1.54) is 43.5 Å².